The molecule has 6 heteroatoms. The van der Waals surface area contributed by atoms with Crippen molar-refractivity contribution in [2.45, 2.75) is 297 Å². The molecular weight excluding hydrogens is 755 g/mol. The van der Waals surface area contributed by atoms with Gasteiger partial charge in [0.2, 0.25) is 0 Å². The minimum atomic E-state index is -0.338. The molecule has 2 fully saturated rings. The molecule has 1 saturated heterocycles. The molecule has 0 amide bonds. The number of unbranched alkanes of at least 4 members (excludes halogenated alkanes) is 27. The van der Waals surface area contributed by atoms with Gasteiger partial charge in [0.1, 0.15) is 12.2 Å². The summed E-state index contributed by atoms with van der Waals surface area (Å²) in [7, 11) is 0. The Hall–Kier alpha value is -1.14. The van der Waals surface area contributed by atoms with Gasteiger partial charge in [-0.05, 0) is 89.3 Å². The van der Waals surface area contributed by atoms with Crippen LogP contribution in [-0.4, -0.2) is 60.4 Å². The summed E-state index contributed by atoms with van der Waals surface area (Å²) in [6.07, 6.45) is 46.8. The third kappa shape index (κ3) is 27.1. The molecule has 1 aliphatic heterocycles. The van der Waals surface area contributed by atoms with E-state index in [-0.39, 0.29) is 48.0 Å². The van der Waals surface area contributed by atoms with Gasteiger partial charge in [0.05, 0.1) is 11.8 Å². The van der Waals surface area contributed by atoms with Gasteiger partial charge in [-0.15, -0.1) is 0 Å². The third-order valence-electron chi connectivity index (χ3n) is 14.8. The lowest BCUT2D eigenvalue weighted by Crippen LogP contribution is -2.40. The van der Waals surface area contributed by atoms with E-state index in [1.165, 1.54) is 167 Å². The fourth-order valence-electron chi connectivity index (χ4n) is 10.5. The van der Waals surface area contributed by atoms with Crippen molar-refractivity contribution < 1.29 is 24.2 Å². The topological polar surface area (TPSA) is 76.1 Å². The summed E-state index contributed by atoms with van der Waals surface area (Å²) in [5.41, 5.74) is 0.0573. The zero-order valence-electron chi connectivity index (χ0n) is 41.4. The number of hydrogen-bond acceptors (Lipinski definition) is 6. The van der Waals surface area contributed by atoms with Gasteiger partial charge < -0.3 is 19.5 Å². The highest BCUT2D eigenvalue weighted by atomic mass is 16.6. The molecule has 0 radical (unpaired) electrons. The summed E-state index contributed by atoms with van der Waals surface area (Å²) in [6, 6.07) is 0. The minimum Gasteiger partial charge on any atom is -0.458 e. The molecule has 0 aromatic heterocycles. The number of hydrogen-bond donors (Lipinski definition) is 1. The molecule has 1 spiro atoms. The number of esters is 2. The minimum absolute atomic E-state index is 0.0196. The predicted octanol–water partition coefficient (Wildman–Crippen LogP) is 16.0. The Kier molecular flexibility index (Phi) is 35.0. The van der Waals surface area contributed by atoms with Crippen LogP contribution in [0.5, 0.6) is 0 Å². The van der Waals surface area contributed by atoms with E-state index >= 15 is 0 Å². The summed E-state index contributed by atoms with van der Waals surface area (Å²) in [4.78, 5) is 31.1. The SMILES string of the molecule is CCCCCCCCCCCCC(CCCCCCC)C(=O)O[C@@H]1CC2(CCN(CCCCO)CC2)C[C@H]1OC(=O)C(CCCCCCC)CCCCCCCCCCCC. The predicted molar refractivity (Wildman–Crippen MR) is 260 cm³/mol. The van der Waals surface area contributed by atoms with Crippen LogP contribution < -0.4 is 0 Å². The van der Waals surface area contributed by atoms with Gasteiger partial charge >= 0.3 is 11.9 Å². The first-order chi connectivity index (χ1) is 29.9. The number of carbonyl (C=O) groups is 2. The third-order valence-corrected chi connectivity index (χ3v) is 14.8. The highest BCUT2D eigenvalue weighted by molar-refractivity contribution is 5.74. The average Bonchev–Trinajstić information content (AvgIpc) is 3.58. The number of nitrogens with zero attached hydrogens (tertiary/aromatic N) is 1. The summed E-state index contributed by atoms with van der Waals surface area (Å²) in [5.74, 6) is -0.143. The number of piperidine rings is 1. The quantitative estimate of drug-likeness (QED) is 0.0487. The van der Waals surface area contributed by atoms with Crippen LogP contribution in [0.25, 0.3) is 0 Å². The number of likely N-dealkylation sites (tertiary alicyclic amines) is 1. The molecular formula is C55H105NO5. The number of aliphatic hydroxyl groups is 1. The Morgan fingerprint density at radius 3 is 1.05 bits per heavy atom. The molecule has 1 aliphatic carbocycles. The number of rotatable bonds is 42. The van der Waals surface area contributed by atoms with Crippen molar-refractivity contribution in [3.05, 3.63) is 0 Å². The Bertz CT molecular complexity index is 944. The lowest BCUT2D eigenvalue weighted by molar-refractivity contribution is -0.171. The first-order valence-electron chi connectivity index (χ1n) is 27.7. The summed E-state index contributed by atoms with van der Waals surface area (Å²) in [6.45, 7) is 12.4. The fraction of sp³-hybridized carbons (Fsp3) is 0.964. The number of aliphatic hydroxyl groups excluding tert-OH is 1. The zero-order chi connectivity index (χ0) is 44.1. The molecule has 2 rings (SSSR count). The number of ether oxygens (including phenoxy) is 2. The normalized spacial score (nSPS) is 18.8. The van der Waals surface area contributed by atoms with Crippen LogP contribution in [0.15, 0.2) is 0 Å². The first kappa shape index (κ1) is 56.0. The van der Waals surface area contributed by atoms with Gasteiger partial charge in [-0.1, -0.05) is 220 Å². The van der Waals surface area contributed by atoms with E-state index in [1.807, 2.05) is 0 Å². The molecule has 6 nitrogen and oxygen atoms in total. The molecule has 1 saturated carbocycles. The maximum atomic E-state index is 14.3. The van der Waals surface area contributed by atoms with Crippen LogP contribution in [0.2, 0.25) is 0 Å². The lowest BCUT2D eigenvalue weighted by atomic mass is 9.76. The van der Waals surface area contributed by atoms with Crippen molar-refractivity contribution in [2.24, 2.45) is 17.3 Å². The zero-order valence-corrected chi connectivity index (χ0v) is 41.4. The lowest BCUT2D eigenvalue weighted by Gasteiger charge is -2.39. The van der Waals surface area contributed by atoms with Crippen molar-refractivity contribution in [3.63, 3.8) is 0 Å². The summed E-state index contributed by atoms with van der Waals surface area (Å²) < 4.78 is 13.3. The van der Waals surface area contributed by atoms with Crippen LogP contribution in [0, 0.1) is 17.3 Å². The van der Waals surface area contributed by atoms with E-state index in [0.29, 0.717) is 0 Å². The van der Waals surface area contributed by atoms with Crippen LogP contribution in [0.3, 0.4) is 0 Å². The molecule has 360 valence electrons. The Morgan fingerprint density at radius 2 is 0.754 bits per heavy atom. The van der Waals surface area contributed by atoms with Crippen molar-refractivity contribution >= 4 is 11.9 Å². The first-order valence-corrected chi connectivity index (χ1v) is 27.7. The molecule has 61 heavy (non-hydrogen) atoms. The van der Waals surface area contributed by atoms with Crippen LogP contribution >= 0.6 is 0 Å². The van der Waals surface area contributed by atoms with E-state index in [2.05, 4.69) is 32.6 Å². The monoisotopic (exact) mass is 860 g/mol. The Morgan fingerprint density at radius 1 is 0.459 bits per heavy atom. The van der Waals surface area contributed by atoms with Crippen molar-refractivity contribution in [1.29, 1.82) is 0 Å². The van der Waals surface area contributed by atoms with Crippen molar-refractivity contribution in [3.8, 4) is 0 Å². The van der Waals surface area contributed by atoms with Crippen molar-refractivity contribution in [1.82, 2.24) is 4.90 Å². The maximum absolute atomic E-state index is 14.3. The molecule has 4 atom stereocenters. The van der Waals surface area contributed by atoms with Crippen molar-refractivity contribution in [2.75, 3.05) is 26.2 Å². The molecule has 0 aromatic carbocycles. The van der Waals surface area contributed by atoms with Crippen LogP contribution in [0.4, 0.5) is 0 Å². The van der Waals surface area contributed by atoms with E-state index < -0.39 is 0 Å². The van der Waals surface area contributed by atoms with Gasteiger partial charge in [0.15, 0.2) is 0 Å². The van der Waals surface area contributed by atoms with Crippen LogP contribution in [-0.2, 0) is 19.1 Å². The Labute approximate surface area is 380 Å². The second-order valence-corrected chi connectivity index (χ2v) is 20.4. The van der Waals surface area contributed by atoms with Crippen LogP contribution in [0.1, 0.15) is 285 Å². The number of carbonyl (C=O) groups excluding carboxylic acids is 2. The molecule has 1 heterocycles. The van der Waals surface area contributed by atoms with Gasteiger partial charge in [-0.3, -0.25) is 9.59 Å². The van der Waals surface area contributed by atoms with Gasteiger partial charge in [0, 0.05) is 6.61 Å². The van der Waals surface area contributed by atoms with E-state index in [4.69, 9.17) is 9.47 Å². The highest BCUT2D eigenvalue weighted by Crippen LogP contribution is 2.49. The molecule has 0 aromatic rings. The van der Waals surface area contributed by atoms with Gasteiger partial charge in [-0.25, -0.2) is 0 Å². The molecule has 2 unspecified atom stereocenters. The van der Waals surface area contributed by atoms with Gasteiger partial charge in [0.25, 0.3) is 0 Å². The van der Waals surface area contributed by atoms with E-state index in [1.54, 1.807) is 0 Å². The smallest absolute Gasteiger partial charge is 0.309 e. The second-order valence-electron chi connectivity index (χ2n) is 20.4. The highest BCUT2D eigenvalue weighted by Gasteiger charge is 2.50. The molecule has 1 N–H and O–H groups in total. The Balaban J connectivity index is 2.10. The fourth-order valence-corrected chi connectivity index (χ4v) is 10.5. The van der Waals surface area contributed by atoms with E-state index in [9.17, 15) is 14.7 Å². The maximum Gasteiger partial charge on any atom is 0.309 e. The standard InChI is InChI=1S/C55H105NO5/c1-5-9-13-17-19-21-23-25-29-33-39-49(37-31-27-15-11-7-3)53(58)60-51-47-55(41-44-56(45-42-55)43-35-36-46-57)48-52(51)61-54(59)50(38-32-28-16-12-8-4)40-34-30-26-24-22-20-18-14-10-6-2/h49-52,57H,5-48H2,1-4H3/t49?,50?,51-,52-/m1/s1. The largest absolute Gasteiger partial charge is 0.458 e. The average molecular weight is 860 g/mol. The summed E-state index contributed by atoms with van der Waals surface area (Å²) >= 11 is 0. The molecule has 2 aliphatic rings. The molecule has 0 bridgehead atoms. The second kappa shape index (κ2) is 38.2. The van der Waals surface area contributed by atoms with Gasteiger partial charge in [-0.2, -0.15) is 0 Å². The van der Waals surface area contributed by atoms with E-state index in [0.717, 1.165) is 110 Å². The summed E-state index contributed by atoms with van der Waals surface area (Å²) in [5, 5.41) is 9.35.